The van der Waals surface area contributed by atoms with E-state index in [-0.39, 0.29) is 17.1 Å². The molecule has 174 valence electrons. The number of Topliss-reactive ketones (excluding diaryl/α,β-unsaturated/α-hetero) is 1. The van der Waals surface area contributed by atoms with Crippen molar-refractivity contribution >= 4 is 54.3 Å². The molecular formula is C27H26BrN3O2S. The Bertz CT molecular complexity index is 1400. The normalized spacial score (nSPS) is 19.8. The standard InChI is InChI=1S/C27H26BrN3O2S/c1-14-5-7-16(8-6-14)23-22(15(2)29-19-12-27(3,4)13-20(32)24(19)23)25(33)31-26-30-18-11-17(28)9-10-21(18)34-26/h5-11,23,29H,12-13H2,1-4H3,(H,30,31,33). The van der Waals surface area contributed by atoms with Crippen molar-refractivity contribution in [3.8, 4) is 0 Å². The predicted octanol–water partition coefficient (Wildman–Crippen LogP) is 6.61. The molecule has 0 saturated carbocycles. The number of nitrogens with one attached hydrogen (secondary N) is 2. The molecule has 2 heterocycles. The number of aromatic nitrogens is 1. The molecule has 0 bridgehead atoms. The second-order valence-electron chi connectivity index (χ2n) is 9.93. The summed E-state index contributed by atoms with van der Waals surface area (Å²) < 4.78 is 1.94. The highest BCUT2D eigenvalue weighted by molar-refractivity contribution is 9.10. The zero-order valence-electron chi connectivity index (χ0n) is 19.6. The van der Waals surface area contributed by atoms with Gasteiger partial charge in [-0.25, -0.2) is 4.98 Å². The summed E-state index contributed by atoms with van der Waals surface area (Å²) in [4.78, 5) is 31.7. The number of rotatable bonds is 3. The minimum absolute atomic E-state index is 0.104. The lowest BCUT2D eigenvalue weighted by atomic mass is 9.68. The maximum absolute atomic E-state index is 13.7. The number of fused-ring (bicyclic) bond motifs is 1. The number of benzene rings is 2. The molecule has 1 aliphatic carbocycles. The Balaban J connectivity index is 1.57. The van der Waals surface area contributed by atoms with E-state index in [2.05, 4.69) is 45.4 Å². The number of allylic oxidation sites excluding steroid dienone is 3. The largest absolute Gasteiger partial charge is 0.362 e. The number of carbonyl (C=O) groups is 2. The van der Waals surface area contributed by atoms with Gasteiger partial charge in [-0.3, -0.25) is 14.9 Å². The van der Waals surface area contributed by atoms with Crippen LogP contribution in [0.2, 0.25) is 0 Å². The molecule has 1 aromatic heterocycles. The Hall–Kier alpha value is -2.77. The van der Waals surface area contributed by atoms with E-state index in [1.807, 2.05) is 56.3 Å². The van der Waals surface area contributed by atoms with Crippen molar-refractivity contribution in [2.45, 2.75) is 46.5 Å². The fourth-order valence-corrected chi connectivity index (χ4v) is 6.14. The highest BCUT2D eigenvalue weighted by Crippen LogP contribution is 2.46. The Labute approximate surface area is 211 Å². The number of carbonyl (C=O) groups excluding carboxylic acids is 2. The number of nitrogens with zero attached hydrogens (tertiary/aromatic N) is 1. The molecule has 3 aromatic rings. The number of ketones is 1. The molecule has 0 fully saturated rings. The van der Waals surface area contributed by atoms with Crippen molar-refractivity contribution in [1.82, 2.24) is 10.3 Å². The third-order valence-corrected chi connectivity index (χ3v) is 7.91. The van der Waals surface area contributed by atoms with Gasteiger partial charge in [0.2, 0.25) is 0 Å². The van der Waals surface area contributed by atoms with E-state index in [9.17, 15) is 9.59 Å². The van der Waals surface area contributed by atoms with E-state index in [1.165, 1.54) is 11.3 Å². The van der Waals surface area contributed by atoms with Crippen LogP contribution in [0, 0.1) is 12.3 Å². The molecule has 0 radical (unpaired) electrons. The number of dihydropyridines is 1. The van der Waals surface area contributed by atoms with E-state index in [0.717, 1.165) is 43.6 Å². The zero-order chi connectivity index (χ0) is 24.2. The van der Waals surface area contributed by atoms with Crippen LogP contribution in [-0.2, 0) is 9.59 Å². The van der Waals surface area contributed by atoms with Crippen LogP contribution >= 0.6 is 27.3 Å². The summed E-state index contributed by atoms with van der Waals surface area (Å²) in [5.74, 6) is -0.547. The Morgan fingerprint density at radius 3 is 2.62 bits per heavy atom. The van der Waals surface area contributed by atoms with Crippen molar-refractivity contribution in [2.75, 3.05) is 5.32 Å². The lowest BCUT2D eigenvalue weighted by Crippen LogP contribution is -2.39. The van der Waals surface area contributed by atoms with Crippen molar-refractivity contribution in [3.05, 3.63) is 80.6 Å². The first-order valence-corrected chi connectivity index (χ1v) is 12.9. The molecule has 2 aliphatic rings. The van der Waals surface area contributed by atoms with E-state index in [0.29, 0.717) is 22.7 Å². The van der Waals surface area contributed by atoms with Crippen LogP contribution in [0.3, 0.4) is 0 Å². The van der Waals surface area contributed by atoms with Crippen molar-refractivity contribution in [1.29, 1.82) is 0 Å². The van der Waals surface area contributed by atoms with E-state index < -0.39 is 5.92 Å². The summed E-state index contributed by atoms with van der Waals surface area (Å²) >= 11 is 4.91. The lowest BCUT2D eigenvalue weighted by molar-refractivity contribution is -0.118. The Kier molecular flexibility index (Phi) is 5.73. The monoisotopic (exact) mass is 535 g/mol. The van der Waals surface area contributed by atoms with Gasteiger partial charge in [-0.05, 0) is 49.4 Å². The first-order chi connectivity index (χ1) is 16.1. The van der Waals surface area contributed by atoms with E-state index in [1.54, 1.807) is 0 Å². The number of amides is 1. The van der Waals surface area contributed by atoms with Crippen LogP contribution in [0.15, 0.2) is 69.5 Å². The maximum Gasteiger partial charge on any atom is 0.256 e. The molecule has 0 spiro atoms. The van der Waals surface area contributed by atoms with Gasteiger partial charge < -0.3 is 5.32 Å². The van der Waals surface area contributed by atoms with E-state index in [4.69, 9.17) is 0 Å². The molecule has 7 heteroatoms. The van der Waals surface area contributed by atoms with Crippen LogP contribution in [-0.4, -0.2) is 16.7 Å². The molecule has 5 rings (SSSR count). The summed E-state index contributed by atoms with van der Waals surface area (Å²) in [6.45, 7) is 8.18. The molecular weight excluding hydrogens is 510 g/mol. The minimum Gasteiger partial charge on any atom is -0.362 e. The molecule has 1 aliphatic heterocycles. The van der Waals surface area contributed by atoms with Gasteiger partial charge in [0, 0.05) is 39.4 Å². The van der Waals surface area contributed by atoms with Gasteiger partial charge in [0.25, 0.3) is 5.91 Å². The second-order valence-corrected chi connectivity index (χ2v) is 11.9. The fourth-order valence-electron chi connectivity index (χ4n) is 4.95. The fraction of sp³-hybridized carbons (Fsp3) is 0.296. The first-order valence-electron chi connectivity index (χ1n) is 11.3. The number of hydrogen-bond acceptors (Lipinski definition) is 5. The Morgan fingerprint density at radius 2 is 1.88 bits per heavy atom. The predicted molar refractivity (Wildman–Crippen MR) is 141 cm³/mol. The van der Waals surface area contributed by atoms with Gasteiger partial charge in [0.05, 0.1) is 10.2 Å². The summed E-state index contributed by atoms with van der Waals surface area (Å²) in [5, 5.41) is 6.97. The highest BCUT2D eigenvalue weighted by Gasteiger charge is 2.42. The number of aryl methyl sites for hydroxylation is 1. The number of halogens is 1. The van der Waals surface area contributed by atoms with Gasteiger partial charge in [-0.2, -0.15) is 0 Å². The van der Waals surface area contributed by atoms with Crippen molar-refractivity contribution in [3.63, 3.8) is 0 Å². The summed E-state index contributed by atoms with van der Waals surface area (Å²) in [7, 11) is 0. The Morgan fingerprint density at radius 1 is 1.15 bits per heavy atom. The zero-order valence-corrected chi connectivity index (χ0v) is 22.0. The highest BCUT2D eigenvalue weighted by atomic mass is 79.9. The van der Waals surface area contributed by atoms with E-state index >= 15 is 0 Å². The van der Waals surface area contributed by atoms with Crippen LogP contribution in [0.25, 0.3) is 10.2 Å². The average molecular weight is 536 g/mol. The SMILES string of the molecule is CC1=C(C(=O)Nc2nc3cc(Br)ccc3s2)C(c2ccc(C)cc2)C2=C(CC(C)(C)CC2=O)N1. The van der Waals surface area contributed by atoms with Gasteiger partial charge in [-0.1, -0.05) is 70.9 Å². The molecule has 0 saturated heterocycles. The summed E-state index contributed by atoms with van der Waals surface area (Å²) in [6, 6.07) is 14.0. The van der Waals surface area contributed by atoms with Gasteiger partial charge in [0.1, 0.15) is 0 Å². The molecule has 1 atom stereocenters. The second kappa shape index (κ2) is 8.47. The number of hydrogen-bond donors (Lipinski definition) is 2. The lowest BCUT2D eigenvalue weighted by Gasteiger charge is -2.39. The topological polar surface area (TPSA) is 71.1 Å². The van der Waals surface area contributed by atoms with Crippen molar-refractivity contribution < 1.29 is 9.59 Å². The van der Waals surface area contributed by atoms with Crippen LogP contribution < -0.4 is 10.6 Å². The third kappa shape index (κ3) is 4.23. The van der Waals surface area contributed by atoms with Crippen LogP contribution in [0.4, 0.5) is 5.13 Å². The summed E-state index contributed by atoms with van der Waals surface area (Å²) in [6.07, 6.45) is 1.24. The first kappa shape index (κ1) is 23.0. The molecule has 2 N–H and O–H groups in total. The van der Waals surface area contributed by atoms with Crippen molar-refractivity contribution in [2.24, 2.45) is 5.41 Å². The molecule has 5 nitrogen and oxygen atoms in total. The van der Waals surface area contributed by atoms with Gasteiger partial charge in [-0.15, -0.1) is 0 Å². The number of anilines is 1. The molecule has 1 unspecified atom stereocenters. The molecule has 2 aromatic carbocycles. The summed E-state index contributed by atoms with van der Waals surface area (Å²) in [5.41, 5.74) is 5.79. The van der Waals surface area contributed by atoms with Gasteiger partial charge >= 0.3 is 0 Å². The average Bonchev–Trinajstić information content (AvgIpc) is 3.13. The van der Waals surface area contributed by atoms with Crippen LogP contribution in [0.5, 0.6) is 0 Å². The maximum atomic E-state index is 13.7. The third-order valence-electron chi connectivity index (χ3n) is 6.47. The van der Waals surface area contributed by atoms with Crippen LogP contribution in [0.1, 0.15) is 50.7 Å². The quantitative estimate of drug-likeness (QED) is 0.395. The smallest absolute Gasteiger partial charge is 0.256 e. The molecule has 34 heavy (non-hydrogen) atoms. The van der Waals surface area contributed by atoms with Gasteiger partial charge in [0.15, 0.2) is 10.9 Å². The number of thiazole rings is 1. The molecule has 1 amide bonds. The minimum atomic E-state index is -0.413.